The molecule has 6 rings (SSSR count). The van der Waals surface area contributed by atoms with E-state index in [-0.39, 0.29) is 18.2 Å². The van der Waals surface area contributed by atoms with E-state index in [9.17, 15) is 4.79 Å². The number of rotatable bonds is 10. The van der Waals surface area contributed by atoms with Gasteiger partial charge >= 0.3 is 6.09 Å². The number of aryl methyl sites for hydroxylation is 1. The third-order valence-corrected chi connectivity index (χ3v) is 11.0. The number of amides is 1. The number of imidazole rings is 1. The molecule has 0 spiro atoms. The molecule has 1 aliphatic rings. The predicted octanol–water partition coefficient (Wildman–Crippen LogP) is 8.67. The first-order chi connectivity index (χ1) is 24.6. The minimum Gasteiger partial charge on any atom is -0.444 e. The Morgan fingerprint density at radius 2 is 1.62 bits per heavy atom. The Hall–Kier alpha value is -4.45. The van der Waals surface area contributed by atoms with E-state index in [1.54, 1.807) is 0 Å². The van der Waals surface area contributed by atoms with Crippen LogP contribution in [0.5, 0.6) is 0 Å². The van der Waals surface area contributed by atoms with Gasteiger partial charge in [-0.1, -0.05) is 37.8 Å². The maximum atomic E-state index is 12.9. The van der Waals surface area contributed by atoms with Crippen LogP contribution in [0.25, 0.3) is 44.7 Å². The highest BCUT2D eigenvalue weighted by Crippen LogP contribution is 2.33. The molecular formula is C41H53N7O3Si. The molecule has 5 aromatic rings. The van der Waals surface area contributed by atoms with Gasteiger partial charge in [-0.15, -0.1) is 0 Å². The molecule has 1 aliphatic heterocycles. The highest BCUT2D eigenvalue weighted by atomic mass is 28.3. The van der Waals surface area contributed by atoms with Crippen LogP contribution >= 0.6 is 0 Å². The predicted molar refractivity (Wildman–Crippen MR) is 211 cm³/mol. The standard InChI is InChI=1S/C41H53N7O3Si/c1-28-11-10-12-37(45-28)39-38(44-26-47(39)27-50-17-18-52(7,8)9)31-14-16-36-33(19-31)20-34(22-43-36)32-13-15-35(42-21-32)25-46-23-29(2)48(30(3)24-46)40(49)51-41(4,5)6/h10-16,19-22,26,29-30H,17-18,23-25,27H2,1-9H3/t29-,30+. The molecule has 0 bridgehead atoms. The van der Waals surface area contributed by atoms with Crippen molar-refractivity contribution in [2.45, 2.75) is 98.2 Å². The van der Waals surface area contributed by atoms with Gasteiger partial charge in [0.25, 0.3) is 0 Å². The summed E-state index contributed by atoms with van der Waals surface area (Å²) in [7, 11) is -1.20. The number of hydrogen-bond donors (Lipinski definition) is 0. The zero-order chi connectivity index (χ0) is 37.2. The van der Waals surface area contributed by atoms with E-state index >= 15 is 0 Å². The van der Waals surface area contributed by atoms with Crippen molar-refractivity contribution in [1.29, 1.82) is 0 Å². The Balaban J connectivity index is 1.19. The van der Waals surface area contributed by atoms with Crippen LogP contribution in [0, 0.1) is 6.92 Å². The molecule has 5 heterocycles. The molecule has 1 amide bonds. The van der Waals surface area contributed by atoms with Crippen LogP contribution in [0.15, 0.2) is 73.3 Å². The average molecular weight is 720 g/mol. The Bertz CT molecular complexity index is 2000. The highest BCUT2D eigenvalue weighted by molar-refractivity contribution is 6.76. The number of piperazine rings is 1. The van der Waals surface area contributed by atoms with Crippen LogP contribution in [0.4, 0.5) is 4.79 Å². The first kappa shape index (κ1) is 37.3. The van der Waals surface area contributed by atoms with E-state index in [0.29, 0.717) is 13.3 Å². The van der Waals surface area contributed by atoms with Crippen molar-refractivity contribution in [1.82, 2.24) is 34.3 Å². The SMILES string of the molecule is Cc1cccc(-c2c(-c3ccc4ncc(-c5ccc(CN6C[C@@H](C)N(C(=O)OC(C)(C)C)[C@@H](C)C6)nc5)cc4c3)ncn2COCC[Si](C)(C)C)n1. The molecular weight excluding hydrogens is 667 g/mol. The fourth-order valence-corrected chi connectivity index (χ4v) is 7.52. The van der Waals surface area contributed by atoms with Gasteiger partial charge in [0.05, 0.1) is 34.6 Å². The summed E-state index contributed by atoms with van der Waals surface area (Å²) < 4.78 is 13.9. The largest absolute Gasteiger partial charge is 0.444 e. The van der Waals surface area contributed by atoms with Gasteiger partial charge < -0.3 is 18.9 Å². The maximum Gasteiger partial charge on any atom is 0.410 e. The van der Waals surface area contributed by atoms with Crippen LogP contribution in [-0.4, -0.2) is 85.9 Å². The number of hydrogen-bond acceptors (Lipinski definition) is 8. The second-order valence-corrected chi connectivity index (χ2v) is 22.0. The van der Waals surface area contributed by atoms with Gasteiger partial charge in [0.15, 0.2) is 0 Å². The Labute approximate surface area is 309 Å². The Morgan fingerprint density at radius 1 is 0.904 bits per heavy atom. The first-order valence-corrected chi connectivity index (χ1v) is 22.0. The van der Waals surface area contributed by atoms with E-state index in [2.05, 4.69) is 79.4 Å². The van der Waals surface area contributed by atoms with E-state index < -0.39 is 13.7 Å². The van der Waals surface area contributed by atoms with Crippen molar-refractivity contribution in [3.8, 4) is 33.8 Å². The summed E-state index contributed by atoms with van der Waals surface area (Å²) in [4.78, 5) is 36.5. The smallest absolute Gasteiger partial charge is 0.410 e. The van der Waals surface area contributed by atoms with Crippen molar-refractivity contribution < 1.29 is 14.3 Å². The monoisotopic (exact) mass is 719 g/mol. The van der Waals surface area contributed by atoms with Crippen molar-refractivity contribution in [3.05, 3.63) is 84.7 Å². The number of carbonyl (C=O) groups is 1. The molecule has 52 heavy (non-hydrogen) atoms. The van der Waals surface area contributed by atoms with Gasteiger partial charge in [-0.2, -0.15) is 0 Å². The molecule has 4 aromatic heterocycles. The molecule has 10 nitrogen and oxygen atoms in total. The number of fused-ring (bicyclic) bond motifs is 1. The van der Waals surface area contributed by atoms with Crippen molar-refractivity contribution in [3.63, 3.8) is 0 Å². The number of nitrogens with zero attached hydrogens (tertiary/aromatic N) is 7. The summed E-state index contributed by atoms with van der Waals surface area (Å²) in [6.07, 6.45) is 5.45. The van der Waals surface area contributed by atoms with Crippen LogP contribution < -0.4 is 0 Å². The minimum atomic E-state index is -1.20. The molecule has 1 fully saturated rings. The lowest BCUT2D eigenvalue weighted by Gasteiger charge is -2.44. The quantitative estimate of drug-likeness (QED) is 0.105. The summed E-state index contributed by atoms with van der Waals surface area (Å²) in [6.45, 7) is 22.4. The normalized spacial score (nSPS) is 17.1. The molecule has 11 heteroatoms. The van der Waals surface area contributed by atoms with Gasteiger partial charge in [0.2, 0.25) is 0 Å². The molecule has 274 valence electrons. The molecule has 0 N–H and O–H groups in total. The van der Waals surface area contributed by atoms with Crippen LogP contribution in [-0.2, 0) is 22.7 Å². The number of ether oxygens (including phenoxy) is 2. The molecule has 0 aliphatic carbocycles. The maximum absolute atomic E-state index is 12.9. The lowest BCUT2D eigenvalue weighted by Crippen LogP contribution is -2.59. The fourth-order valence-electron chi connectivity index (χ4n) is 6.77. The van der Waals surface area contributed by atoms with Crippen LogP contribution in [0.3, 0.4) is 0 Å². The topological polar surface area (TPSA) is 98.5 Å². The summed E-state index contributed by atoms with van der Waals surface area (Å²) in [5, 5.41) is 1.02. The summed E-state index contributed by atoms with van der Waals surface area (Å²) >= 11 is 0. The Kier molecular flexibility index (Phi) is 10.9. The van der Waals surface area contributed by atoms with E-state index in [1.165, 1.54) is 0 Å². The van der Waals surface area contributed by atoms with Crippen LogP contribution in [0.2, 0.25) is 25.7 Å². The lowest BCUT2D eigenvalue weighted by atomic mass is 10.0. The zero-order valence-electron chi connectivity index (χ0n) is 32.2. The molecule has 0 saturated carbocycles. The summed E-state index contributed by atoms with van der Waals surface area (Å²) in [5.41, 5.74) is 8.00. The molecule has 0 unspecified atom stereocenters. The van der Waals surface area contributed by atoms with Crippen LogP contribution in [0.1, 0.15) is 46.0 Å². The number of aromatic nitrogens is 5. The van der Waals surface area contributed by atoms with Gasteiger partial charge in [-0.25, -0.2) is 9.78 Å². The average Bonchev–Trinajstić information content (AvgIpc) is 3.49. The summed E-state index contributed by atoms with van der Waals surface area (Å²) in [6, 6.07) is 19.9. The second-order valence-electron chi connectivity index (χ2n) is 16.4. The molecule has 2 atom stereocenters. The number of benzene rings is 1. The van der Waals surface area contributed by atoms with E-state index in [4.69, 9.17) is 29.4 Å². The number of carbonyl (C=O) groups excluding carboxylic acids is 1. The van der Waals surface area contributed by atoms with Gasteiger partial charge in [-0.05, 0) is 84.0 Å². The third kappa shape index (κ3) is 9.12. The van der Waals surface area contributed by atoms with Crippen molar-refractivity contribution >= 4 is 25.1 Å². The van der Waals surface area contributed by atoms with E-state index in [1.807, 2.05) is 69.5 Å². The number of pyridine rings is 3. The summed E-state index contributed by atoms with van der Waals surface area (Å²) in [5.74, 6) is 0. The Morgan fingerprint density at radius 3 is 2.29 bits per heavy atom. The molecule has 0 radical (unpaired) electrons. The van der Waals surface area contributed by atoms with E-state index in [0.717, 1.165) is 81.8 Å². The van der Waals surface area contributed by atoms with Gasteiger partial charge in [0.1, 0.15) is 12.3 Å². The fraction of sp³-hybridized carbons (Fsp3) is 0.439. The first-order valence-electron chi connectivity index (χ1n) is 18.3. The van der Waals surface area contributed by atoms with Gasteiger partial charge in [-0.3, -0.25) is 19.9 Å². The van der Waals surface area contributed by atoms with Crippen molar-refractivity contribution in [2.24, 2.45) is 0 Å². The third-order valence-electron chi connectivity index (χ3n) is 9.29. The minimum absolute atomic E-state index is 0.0393. The lowest BCUT2D eigenvalue weighted by molar-refractivity contribution is -0.0164. The second kappa shape index (κ2) is 15.3. The molecule has 1 saturated heterocycles. The highest BCUT2D eigenvalue weighted by Gasteiger charge is 2.35. The zero-order valence-corrected chi connectivity index (χ0v) is 33.2. The van der Waals surface area contributed by atoms with Gasteiger partial charge in [0, 0.05) is 86.6 Å². The van der Waals surface area contributed by atoms with Crippen molar-refractivity contribution in [2.75, 3.05) is 19.7 Å². The molecule has 1 aromatic carbocycles.